The molecular formula is C44H53FN8O6. The van der Waals surface area contributed by atoms with Crippen LogP contribution in [0.1, 0.15) is 92.9 Å². The number of ether oxygens (including phenoxy) is 2. The van der Waals surface area contributed by atoms with Gasteiger partial charge in [-0.15, -0.1) is 0 Å². The van der Waals surface area contributed by atoms with Crippen LogP contribution in [0.15, 0.2) is 36.7 Å². The van der Waals surface area contributed by atoms with E-state index in [-0.39, 0.29) is 42.7 Å². The Balaban J connectivity index is 1.02. The lowest BCUT2D eigenvalue weighted by Gasteiger charge is -2.31. The molecule has 0 saturated carbocycles. The van der Waals surface area contributed by atoms with Crippen molar-refractivity contribution in [3.8, 4) is 33.6 Å². The van der Waals surface area contributed by atoms with Gasteiger partial charge in [-0.25, -0.2) is 23.9 Å². The predicted octanol–water partition coefficient (Wildman–Crippen LogP) is 6.37. The zero-order chi connectivity index (χ0) is 41.7. The zero-order valence-electron chi connectivity index (χ0n) is 34.5. The Bertz CT molecular complexity index is 2230. The lowest BCUT2D eigenvalue weighted by molar-refractivity contribution is -0.136. The van der Waals surface area contributed by atoms with Crippen molar-refractivity contribution in [2.24, 2.45) is 11.8 Å². The van der Waals surface area contributed by atoms with E-state index in [9.17, 15) is 23.6 Å². The number of nitrogens with zero attached hydrogens (tertiary/aromatic N) is 4. The number of nitrogens with one attached hydrogen (secondary N) is 4. The number of carbonyl (C=O) groups excluding carboxylic acids is 4. The van der Waals surface area contributed by atoms with Gasteiger partial charge in [0.2, 0.25) is 11.8 Å². The number of imidazole rings is 2. The number of aromatic amines is 2. The number of H-pyrrole nitrogens is 2. The molecule has 2 aromatic heterocycles. The molecule has 4 aromatic rings. The van der Waals surface area contributed by atoms with Crippen LogP contribution in [-0.4, -0.2) is 99.3 Å². The molecular weight excluding hydrogens is 756 g/mol. The number of hydrogen-bond acceptors (Lipinski definition) is 8. The van der Waals surface area contributed by atoms with Crippen molar-refractivity contribution in [2.75, 3.05) is 27.3 Å². The van der Waals surface area contributed by atoms with Gasteiger partial charge in [0, 0.05) is 24.1 Å². The first-order valence-electron chi connectivity index (χ1n) is 20.7. The molecule has 8 rings (SSSR count). The number of carbonyl (C=O) groups is 4. The molecule has 2 fully saturated rings. The number of alkyl carbamates (subject to hydrolysis) is 2. The quantitative estimate of drug-likeness (QED) is 0.143. The van der Waals surface area contributed by atoms with Crippen LogP contribution in [0.4, 0.5) is 14.0 Å². The van der Waals surface area contributed by atoms with Gasteiger partial charge in [-0.2, -0.15) is 0 Å². The van der Waals surface area contributed by atoms with E-state index in [2.05, 4.69) is 49.9 Å². The zero-order valence-corrected chi connectivity index (χ0v) is 34.5. The number of benzene rings is 2. The van der Waals surface area contributed by atoms with Crippen molar-refractivity contribution in [2.45, 2.75) is 103 Å². The normalized spacial score (nSPS) is 20.4. The first-order chi connectivity index (χ1) is 28.3. The Morgan fingerprint density at radius 1 is 0.712 bits per heavy atom. The highest BCUT2D eigenvalue weighted by Gasteiger charge is 2.42. The van der Waals surface area contributed by atoms with Crippen LogP contribution in [-0.2, 0) is 44.7 Å². The van der Waals surface area contributed by atoms with Gasteiger partial charge < -0.3 is 39.9 Å². The molecule has 59 heavy (non-hydrogen) atoms. The van der Waals surface area contributed by atoms with Crippen molar-refractivity contribution in [3.05, 3.63) is 70.6 Å². The highest BCUT2D eigenvalue weighted by Crippen LogP contribution is 2.46. The summed E-state index contributed by atoms with van der Waals surface area (Å²) >= 11 is 0. The third-order valence-corrected chi connectivity index (χ3v) is 12.5. The first kappa shape index (κ1) is 40.1. The molecule has 2 aromatic carbocycles. The van der Waals surface area contributed by atoms with Crippen molar-refractivity contribution < 1.29 is 33.0 Å². The molecule has 0 bridgehead atoms. The fourth-order valence-corrected chi connectivity index (χ4v) is 9.48. The molecule has 2 aliphatic carbocycles. The fraction of sp³-hybridized carbons (Fsp3) is 0.500. The topological polar surface area (TPSA) is 175 Å². The standard InChI is InChI=1S/C44H53FN8O6/c1-22(2)37(50-43(56)58-5)41(54)52-13-7-8-33(52)39-46-19-31(48-39)28-14-24-9-11-26-16-29(17-27-12-10-25(15-28)35(24)36(26)27)32-20-47-40(49-32)34-18-30(45)21-53(34)42(55)38(23(3)4)51-44(57)59-6/h14-17,19-20,22-23,30,33-34,37-38H,7-13,18,21H2,1-6H3,(H,46,48)(H,47,49)(H,50,56)(H,51,57)/t30-,33+,34+,37+,38+/m1/s1. The number of amides is 4. The molecule has 2 saturated heterocycles. The molecule has 2 aliphatic heterocycles. The number of halogens is 1. The van der Waals surface area contributed by atoms with E-state index in [4.69, 9.17) is 14.5 Å². The minimum Gasteiger partial charge on any atom is -0.453 e. The molecule has 0 unspecified atom stereocenters. The van der Waals surface area contributed by atoms with E-state index in [1.165, 1.54) is 52.5 Å². The Morgan fingerprint density at radius 2 is 1.15 bits per heavy atom. The number of aromatic nitrogens is 4. The smallest absolute Gasteiger partial charge is 0.407 e. The number of hydrogen-bond donors (Lipinski definition) is 4. The second kappa shape index (κ2) is 16.1. The van der Waals surface area contributed by atoms with Crippen LogP contribution in [0.25, 0.3) is 33.6 Å². The van der Waals surface area contributed by atoms with Crippen molar-refractivity contribution in [3.63, 3.8) is 0 Å². The van der Waals surface area contributed by atoms with Crippen LogP contribution in [0.3, 0.4) is 0 Å². The molecule has 0 radical (unpaired) electrons. The lowest BCUT2D eigenvalue weighted by atomic mass is 9.74. The summed E-state index contributed by atoms with van der Waals surface area (Å²) in [5.74, 6) is 0.418. The average molecular weight is 809 g/mol. The van der Waals surface area contributed by atoms with Crippen molar-refractivity contribution >= 4 is 24.0 Å². The predicted molar refractivity (Wildman–Crippen MR) is 218 cm³/mol. The average Bonchev–Trinajstić information content (AvgIpc) is 4.06. The molecule has 312 valence electrons. The maximum absolute atomic E-state index is 14.9. The molecule has 0 spiro atoms. The summed E-state index contributed by atoms with van der Waals surface area (Å²) in [6, 6.07) is 6.64. The van der Waals surface area contributed by atoms with Crippen molar-refractivity contribution in [1.82, 2.24) is 40.4 Å². The van der Waals surface area contributed by atoms with Gasteiger partial charge in [-0.1, -0.05) is 27.7 Å². The summed E-state index contributed by atoms with van der Waals surface area (Å²) in [7, 11) is 2.54. The van der Waals surface area contributed by atoms with Crippen LogP contribution in [0.2, 0.25) is 0 Å². The third kappa shape index (κ3) is 7.55. The summed E-state index contributed by atoms with van der Waals surface area (Å²) in [6.45, 7) is 7.99. The summed E-state index contributed by atoms with van der Waals surface area (Å²) < 4.78 is 24.5. The van der Waals surface area contributed by atoms with Crippen LogP contribution in [0.5, 0.6) is 0 Å². The maximum atomic E-state index is 14.9. The Morgan fingerprint density at radius 3 is 1.59 bits per heavy atom. The molecule has 15 heteroatoms. The van der Waals surface area contributed by atoms with Crippen LogP contribution in [0, 0.1) is 11.8 Å². The highest BCUT2D eigenvalue weighted by atomic mass is 19.1. The Labute approximate surface area is 343 Å². The summed E-state index contributed by atoms with van der Waals surface area (Å²) in [5, 5.41) is 5.33. The van der Waals surface area contributed by atoms with E-state index in [1.807, 2.05) is 38.8 Å². The van der Waals surface area contributed by atoms with E-state index in [0.29, 0.717) is 12.4 Å². The Hall–Kier alpha value is -5.73. The van der Waals surface area contributed by atoms with E-state index < -0.39 is 36.5 Å². The number of methoxy groups -OCH3 is 2. The number of alkyl halides is 1. The maximum Gasteiger partial charge on any atom is 0.407 e. The van der Waals surface area contributed by atoms with Gasteiger partial charge in [-0.3, -0.25) is 9.59 Å². The molecule has 4 aliphatic rings. The van der Waals surface area contributed by atoms with Gasteiger partial charge in [0.05, 0.1) is 56.6 Å². The van der Waals surface area contributed by atoms with Crippen molar-refractivity contribution in [1.29, 1.82) is 0 Å². The van der Waals surface area contributed by atoms with Gasteiger partial charge in [0.25, 0.3) is 0 Å². The summed E-state index contributed by atoms with van der Waals surface area (Å²) in [4.78, 5) is 71.2. The summed E-state index contributed by atoms with van der Waals surface area (Å²) in [5.41, 5.74) is 11.6. The van der Waals surface area contributed by atoms with Crippen LogP contribution < -0.4 is 10.6 Å². The fourth-order valence-electron chi connectivity index (χ4n) is 9.48. The lowest BCUT2D eigenvalue weighted by Crippen LogP contribution is -2.51. The number of aryl methyl sites for hydroxylation is 4. The highest BCUT2D eigenvalue weighted by molar-refractivity contribution is 5.88. The van der Waals surface area contributed by atoms with E-state index in [0.717, 1.165) is 66.9 Å². The molecule has 4 N–H and O–H groups in total. The van der Waals surface area contributed by atoms with Gasteiger partial charge in [0.15, 0.2) is 0 Å². The number of rotatable bonds is 10. The monoisotopic (exact) mass is 808 g/mol. The second-order valence-corrected chi connectivity index (χ2v) is 16.9. The Kier molecular flexibility index (Phi) is 11.0. The van der Waals surface area contributed by atoms with E-state index in [1.54, 1.807) is 6.20 Å². The third-order valence-electron chi connectivity index (χ3n) is 12.5. The minimum absolute atomic E-state index is 0.0732. The minimum atomic E-state index is -1.21. The van der Waals surface area contributed by atoms with Gasteiger partial charge in [-0.05, 0) is 108 Å². The van der Waals surface area contributed by atoms with Crippen LogP contribution >= 0.6 is 0 Å². The second-order valence-electron chi connectivity index (χ2n) is 16.9. The summed E-state index contributed by atoms with van der Waals surface area (Å²) in [6.07, 6.45) is 6.33. The largest absolute Gasteiger partial charge is 0.453 e. The SMILES string of the molecule is COC(=O)N[C@H](C(=O)N1CCC[C@H]1c1ncc(-c2cc3c4c(c2)CCc2cc(-c5cnc([C@@H]6C[C@@H](F)CN6C(=O)[C@@H](NC(=O)OC)C(C)C)[nH]5)cc(c2-4)CC3)[nH]1)C(C)C. The molecule has 14 nitrogen and oxygen atoms in total. The molecule has 4 amide bonds. The first-order valence-corrected chi connectivity index (χ1v) is 20.7. The van der Waals surface area contributed by atoms with Gasteiger partial charge >= 0.3 is 12.2 Å². The molecule has 5 atom stereocenters. The van der Waals surface area contributed by atoms with E-state index >= 15 is 0 Å². The molecule has 4 heterocycles. The van der Waals surface area contributed by atoms with Gasteiger partial charge in [0.1, 0.15) is 29.9 Å². The number of likely N-dealkylation sites (tertiary alicyclic amines) is 2.